The lowest BCUT2D eigenvalue weighted by atomic mass is 10.1. The van der Waals surface area contributed by atoms with Crippen LogP contribution in [0.5, 0.6) is 0 Å². The van der Waals surface area contributed by atoms with Crippen LogP contribution in [0, 0.1) is 5.82 Å². The van der Waals surface area contributed by atoms with E-state index < -0.39 is 20.9 Å². The van der Waals surface area contributed by atoms with Crippen molar-refractivity contribution in [2.24, 2.45) is 0 Å². The van der Waals surface area contributed by atoms with Crippen LogP contribution in [0.2, 0.25) is 0 Å². The van der Waals surface area contributed by atoms with Crippen molar-refractivity contribution in [3.8, 4) is 0 Å². The van der Waals surface area contributed by atoms with Gasteiger partial charge in [0.15, 0.2) is 9.84 Å². The fraction of sp³-hybridized carbons (Fsp3) is 0.583. The first-order valence-electron chi connectivity index (χ1n) is 6.00. The number of nitrogens with zero attached hydrogens (tertiary/aromatic N) is 1. The Labute approximate surface area is 107 Å². The van der Waals surface area contributed by atoms with E-state index in [0.717, 1.165) is 6.20 Å². The highest BCUT2D eigenvalue weighted by Crippen LogP contribution is 2.27. The number of aromatic nitrogens is 1. The second kappa shape index (κ2) is 4.93. The Bertz CT molecular complexity index is 515. The summed E-state index contributed by atoms with van der Waals surface area (Å²) in [6.07, 6.45) is 1.70. The zero-order chi connectivity index (χ0) is 13.3. The maximum absolute atomic E-state index is 12.8. The predicted molar refractivity (Wildman–Crippen MR) is 67.4 cm³/mol. The quantitative estimate of drug-likeness (QED) is 0.840. The molecule has 0 saturated carbocycles. The van der Waals surface area contributed by atoms with E-state index in [1.165, 1.54) is 12.1 Å². The average molecular weight is 272 g/mol. The molecule has 1 aliphatic rings. The van der Waals surface area contributed by atoms with E-state index >= 15 is 0 Å². The Morgan fingerprint density at radius 3 is 2.72 bits per heavy atom. The van der Waals surface area contributed by atoms with Crippen molar-refractivity contribution < 1.29 is 12.8 Å². The van der Waals surface area contributed by atoms with Crippen LogP contribution in [0.1, 0.15) is 32.0 Å². The summed E-state index contributed by atoms with van der Waals surface area (Å²) >= 11 is 0. The van der Waals surface area contributed by atoms with Crippen molar-refractivity contribution in [1.29, 1.82) is 0 Å². The van der Waals surface area contributed by atoms with Gasteiger partial charge in [-0.25, -0.2) is 12.8 Å². The van der Waals surface area contributed by atoms with Crippen molar-refractivity contribution in [2.75, 3.05) is 6.54 Å². The number of hydrogen-bond donors (Lipinski definition) is 1. The van der Waals surface area contributed by atoms with Crippen LogP contribution in [0.25, 0.3) is 0 Å². The predicted octanol–water partition coefficient (Wildman–Crippen LogP) is 1.45. The number of sulfone groups is 1. The average Bonchev–Trinajstić information content (AvgIpc) is 2.43. The fourth-order valence-electron chi connectivity index (χ4n) is 2.24. The molecule has 0 aliphatic carbocycles. The molecule has 6 heteroatoms. The monoisotopic (exact) mass is 272 g/mol. The number of hydrogen-bond acceptors (Lipinski definition) is 4. The number of rotatable bonds is 1. The molecule has 0 aromatic carbocycles. The van der Waals surface area contributed by atoms with Crippen molar-refractivity contribution in [3.05, 3.63) is 29.8 Å². The minimum absolute atomic E-state index is 0.356. The van der Waals surface area contributed by atoms with Gasteiger partial charge in [0, 0.05) is 0 Å². The Hall–Kier alpha value is -1.01. The van der Waals surface area contributed by atoms with Gasteiger partial charge in [0.25, 0.3) is 0 Å². The molecule has 4 nitrogen and oxygen atoms in total. The van der Waals surface area contributed by atoms with E-state index in [-0.39, 0.29) is 11.3 Å². The molecule has 0 radical (unpaired) electrons. The van der Waals surface area contributed by atoms with Crippen LogP contribution in [-0.4, -0.2) is 30.4 Å². The number of halogens is 1. The first kappa shape index (κ1) is 13.4. The molecule has 1 fully saturated rings. The maximum Gasteiger partial charge on any atom is 0.157 e. The third kappa shape index (κ3) is 2.40. The summed E-state index contributed by atoms with van der Waals surface area (Å²) in [7, 11) is -3.18. The van der Waals surface area contributed by atoms with Gasteiger partial charge < -0.3 is 5.32 Å². The van der Waals surface area contributed by atoms with E-state index in [1.807, 2.05) is 0 Å². The van der Waals surface area contributed by atoms with Gasteiger partial charge in [-0.15, -0.1) is 0 Å². The van der Waals surface area contributed by atoms with E-state index in [4.69, 9.17) is 0 Å². The van der Waals surface area contributed by atoms with Crippen molar-refractivity contribution in [1.82, 2.24) is 10.3 Å². The highest BCUT2D eigenvalue weighted by Gasteiger charge is 2.37. The Morgan fingerprint density at radius 1 is 1.39 bits per heavy atom. The normalized spacial score (nSPS) is 31.8. The van der Waals surface area contributed by atoms with Gasteiger partial charge in [0.05, 0.1) is 28.4 Å². The topological polar surface area (TPSA) is 59.1 Å². The number of pyridine rings is 1. The maximum atomic E-state index is 12.8. The molecule has 0 spiro atoms. The highest BCUT2D eigenvalue weighted by molar-refractivity contribution is 7.92. The highest BCUT2D eigenvalue weighted by atomic mass is 32.2. The third-order valence-electron chi connectivity index (χ3n) is 3.53. The summed E-state index contributed by atoms with van der Waals surface area (Å²) < 4.78 is 37.3. The van der Waals surface area contributed by atoms with Crippen LogP contribution >= 0.6 is 0 Å². The summed E-state index contributed by atoms with van der Waals surface area (Å²) in [5, 5.41) is 2.27. The lowest BCUT2D eigenvalue weighted by molar-refractivity contribution is 0.507. The standard InChI is InChI=1S/C12H17FN2O2S/c1-8-5-6-14-12(9(2)18(8,16)17)11-4-3-10(13)7-15-11/h3-4,7-9,12,14H,5-6H2,1-2H3. The van der Waals surface area contributed by atoms with Crippen LogP contribution in [-0.2, 0) is 9.84 Å². The second-order valence-electron chi connectivity index (χ2n) is 4.73. The molecule has 3 atom stereocenters. The summed E-state index contributed by atoms with van der Waals surface area (Å²) in [5.41, 5.74) is 0.571. The lowest BCUT2D eigenvalue weighted by Crippen LogP contribution is -2.35. The van der Waals surface area contributed by atoms with Gasteiger partial charge in [-0.05, 0) is 38.9 Å². The van der Waals surface area contributed by atoms with Crippen molar-refractivity contribution in [3.63, 3.8) is 0 Å². The third-order valence-corrected chi connectivity index (χ3v) is 6.20. The van der Waals surface area contributed by atoms with E-state index in [1.54, 1.807) is 13.8 Å². The summed E-state index contributed by atoms with van der Waals surface area (Å²) in [6.45, 7) is 4.03. The molecule has 0 bridgehead atoms. The summed E-state index contributed by atoms with van der Waals surface area (Å²) in [4.78, 5) is 3.98. The Kier molecular flexibility index (Phi) is 3.68. The molecule has 1 saturated heterocycles. The molecule has 0 amide bonds. The molecule has 100 valence electrons. The first-order chi connectivity index (χ1) is 8.43. The zero-order valence-corrected chi connectivity index (χ0v) is 11.2. The molecule has 18 heavy (non-hydrogen) atoms. The summed E-state index contributed by atoms with van der Waals surface area (Å²) in [5.74, 6) is -0.420. The van der Waals surface area contributed by atoms with E-state index in [9.17, 15) is 12.8 Å². The Balaban J connectivity index is 2.35. The molecule has 1 aliphatic heterocycles. The molecule has 2 heterocycles. The van der Waals surface area contributed by atoms with Crippen LogP contribution in [0.3, 0.4) is 0 Å². The lowest BCUT2D eigenvalue weighted by Gasteiger charge is -2.22. The summed E-state index contributed by atoms with van der Waals surface area (Å²) in [6, 6.07) is 2.47. The van der Waals surface area contributed by atoms with E-state index in [2.05, 4.69) is 10.3 Å². The van der Waals surface area contributed by atoms with Crippen LogP contribution in [0.15, 0.2) is 18.3 Å². The number of nitrogens with one attached hydrogen (secondary N) is 1. The van der Waals surface area contributed by atoms with Gasteiger partial charge in [-0.2, -0.15) is 0 Å². The van der Waals surface area contributed by atoms with Crippen molar-refractivity contribution >= 4 is 9.84 Å². The molecule has 1 aromatic rings. The minimum Gasteiger partial charge on any atom is -0.308 e. The molecular formula is C12H17FN2O2S. The minimum atomic E-state index is -3.18. The van der Waals surface area contributed by atoms with Crippen LogP contribution in [0.4, 0.5) is 4.39 Å². The fourth-order valence-corrected chi connectivity index (χ4v) is 4.04. The van der Waals surface area contributed by atoms with Gasteiger partial charge in [0.2, 0.25) is 0 Å². The SMILES string of the molecule is CC1CCNC(c2ccc(F)cn2)C(C)S1(=O)=O. The van der Waals surface area contributed by atoms with Gasteiger partial charge in [0.1, 0.15) is 5.82 Å². The van der Waals surface area contributed by atoms with Gasteiger partial charge in [-0.1, -0.05) is 0 Å². The van der Waals surface area contributed by atoms with Gasteiger partial charge >= 0.3 is 0 Å². The second-order valence-corrected chi connectivity index (χ2v) is 7.45. The van der Waals surface area contributed by atoms with Crippen LogP contribution < -0.4 is 5.32 Å². The van der Waals surface area contributed by atoms with Crippen molar-refractivity contribution in [2.45, 2.75) is 36.8 Å². The smallest absolute Gasteiger partial charge is 0.157 e. The van der Waals surface area contributed by atoms with E-state index in [0.29, 0.717) is 18.7 Å². The molecule has 2 rings (SSSR count). The molecule has 1 N–H and O–H groups in total. The Morgan fingerprint density at radius 2 is 2.11 bits per heavy atom. The zero-order valence-electron chi connectivity index (χ0n) is 10.4. The molecular weight excluding hydrogens is 255 g/mol. The largest absolute Gasteiger partial charge is 0.308 e. The first-order valence-corrected chi connectivity index (χ1v) is 7.61. The molecule has 3 unspecified atom stereocenters. The molecule has 1 aromatic heterocycles. The van der Waals surface area contributed by atoms with Gasteiger partial charge in [-0.3, -0.25) is 4.98 Å².